The van der Waals surface area contributed by atoms with Crippen LogP contribution >= 0.6 is 34.8 Å². The number of hydrogen-bond donors (Lipinski definition) is 1. The van der Waals surface area contributed by atoms with Crippen molar-refractivity contribution >= 4 is 34.8 Å². The summed E-state index contributed by atoms with van der Waals surface area (Å²) in [5.74, 6) is 0. The van der Waals surface area contributed by atoms with Gasteiger partial charge in [0.05, 0.1) is 10.0 Å². The summed E-state index contributed by atoms with van der Waals surface area (Å²) < 4.78 is 0. The molecule has 0 unspecified atom stereocenters. The molecular formula is C13H11Cl3N2. The molecule has 1 aromatic carbocycles. The molecule has 0 aliphatic heterocycles. The highest BCUT2D eigenvalue weighted by Gasteiger charge is 1.99. The minimum atomic E-state index is 0.503. The van der Waals surface area contributed by atoms with Crippen LogP contribution in [0.15, 0.2) is 36.5 Å². The second-order valence-corrected chi connectivity index (χ2v) is 5.04. The number of nitrogens with zero attached hydrogens (tertiary/aromatic N) is 1. The van der Waals surface area contributed by atoms with Gasteiger partial charge in [0.25, 0.3) is 0 Å². The average Bonchev–Trinajstić information content (AvgIpc) is 2.36. The molecule has 0 spiro atoms. The van der Waals surface area contributed by atoms with Crippen molar-refractivity contribution in [3.05, 3.63) is 62.9 Å². The summed E-state index contributed by atoms with van der Waals surface area (Å²) in [7, 11) is 0. The molecule has 0 atom stereocenters. The minimum absolute atomic E-state index is 0.503. The molecule has 18 heavy (non-hydrogen) atoms. The molecule has 2 nitrogen and oxygen atoms in total. The van der Waals surface area contributed by atoms with Crippen LogP contribution in [0.1, 0.15) is 11.1 Å². The number of pyridine rings is 1. The summed E-state index contributed by atoms with van der Waals surface area (Å²) in [6.07, 6.45) is 1.75. The fourth-order valence-electron chi connectivity index (χ4n) is 1.51. The smallest absolute Gasteiger partial charge is 0.129 e. The lowest BCUT2D eigenvalue weighted by atomic mass is 10.2. The van der Waals surface area contributed by atoms with Crippen molar-refractivity contribution in [1.29, 1.82) is 0 Å². The van der Waals surface area contributed by atoms with Gasteiger partial charge < -0.3 is 5.32 Å². The highest BCUT2D eigenvalue weighted by Crippen LogP contribution is 2.22. The molecule has 0 aliphatic carbocycles. The van der Waals surface area contributed by atoms with E-state index >= 15 is 0 Å². The second kappa shape index (κ2) is 6.39. The number of halogens is 3. The maximum Gasteiger partial charge on any atom is 0.129 e. The molecule has 0 radical (unpaired) electrons. The van der Waals surface area contributed by atoms with E-state index in [0.717, 1.165) is 24.2 Å². The van der Waals surface area contributed by atoms with Gasteiger partial charge in [-0.2, -0.15) is 0 Å². The van der Waals surface area contributed by atoms with E-state index in [1.807, 2.05) is 18.2 Å². The van der Waals surface area contributed by atoms with Crippen molar-refractivity contribution in [3.63, 3.8) is 0 Å². The Balaban J connectivity index is 1.88. The van der Waals surface area contributed by atoms with Gasteiger partial charge in [0.1, 0.15) is 5.15 Å². The zero-order valence-corrected chi connectivity index (χ0v) is 11.7. The third-order valence-corrected chi connectivity index (χ3v) is 3.39. The lowest BCUT2D eigenvalue weighted by Gasteiger charge is -2.06. The first-order valence-electron chi connectivity index (χ1n) is 5.40. The van der Waals surface area contributed by atoms with E-state index in [4.69, 9.17) is 34.8 Å². The zero-order valence-electron chi connectivity index (χ0n) is 9.46. The summed E-state index contributed by atoms with van der Waals surface area (Å²) in [4.78, 5) is 4.02. The maximum atomic E-state index is 5.94. The van der Waals surface area contributed by atoms with Crippen molar-refractivity contribution in [2.24, 2.45) is 0 Å². The normalized spacial score (nSPS) is 10.6. The molecule has 1 heterocycles. The van der Waals surface area contributed by atoms with Crippen LogP contribution in [-0.4, -0.2) is 4.98 Å². The second-order valence-electron chi connectivity index (χ2n) is 3.84. The van der Waals surface area contributed by atoms with Gasteiger partial charge in [0.15, 0.2) is 0 Å². The Kier molecular flexibility index (Phi) is 4.84. The lowest BCUT2D eigenvalue weighted by molar-refractivity contribution is 0.691. The summed E-state index contributed by atoms with van der Waals surface area (Å²) in [5, 5.41) is 4.95. The van der Waals surface area contributed by atoms with E-state index in [9.17, 15) is 0 Å². The molecule has 2 rings (SSSR count). The third kappa shape index (κ3) is 3.85. The maximum absolute atomic E-state index is 5.94. The van der Waals surface area contributed by atoms with Crippen LogP contribution in [0.4, 0.5) is 0 Å². The number of aromatic nitrogens is 1. The molecular weight excluding hydrogens is 291 g/mol. The van der Waals surface area contributed by atoms with Crippen LogP contribution in [0.25, 0.3) is 0 Å². The van der Waals surface area contributed by atoms with E-state index < -0.39 is 0 Å². The van der Waals surface area contributed by atoms with Crippen LogP contribution in [0.3, 0.4) is 0 Å². The minimum Gasteiger partial charge on any atom is -0.309 e. The Bertz CT molecular complexity index is 526. The Morgan fingerprint density at radius 2 is 1.61 bits per heavy atom. The van der Waals surface area contributed by atoms with Gasteiger partial charge >= 0.3 is 0 Å². The van der Waals surface area contributed by atoms with Gasteiger partial charge in [-0.05, 0) is 29.3 Å². The predicted molar refractivity (Wildman–Crippen MR) is 76.3 cm³/mol. The Morgan fingerprint density at radius 1 is 0.889 bits per heavy atom. The van der Waals surface area contributed by atoms with Crippen molar-refractivity contribution in [2.75, 3.05) is 0 Å². The van der Waals surface area contributed by atoms with Gasteiger partial charge in [-0.1, -0.05) is 46.9 Å². The van der Waals surface area contributed by atoms with Crippen molar-refractivity contribution in [2.45, 2.75) is 13.1 Å². The molecule has 94 valence electrons. The molecule has 2 aromatic rings. The number of benzene rings is 1. The van der Waals surface area contributed by atoms with Crippen molar-refractivity contribution in [3.8, 4) is 0 Å². The van der Waals surface area contributed by atoms with E-state index in [0.29, 0.717) is 15.2 Å². The molecule has 1 aromatic heterocycles. The van der Waals surface area contributed by atoms with Crippen LogP contribution in [0.5, 0.6) is 0 Å². The molecule has 0 aliphatic rings. The lowest BCUT2D eigenvalue weighted by Crippen LogP contribution is -2.12. The largest absolute Gasteiger partial charge is 0.309 e. The van der Waals surface area contributed by atoms with Gasteiger partial charge in [-0.15, -0.1) is 0 Å². The van der Waals surface area contributed by atoms with Crippen LogP contribution < -0.4 is 5.32 Å². The third-order valence-electron chi connectivity index (χ3n) is 2.43. The van der Waals surface area contributed by atoms with E-state index in [2.05, 4.69) is 10.3 Å². The molecule has 0 fully saturated rings. The standard InChI is InChI=1S/C13H11Cl3N2/c14-11-3-1-9(5-12(11)15)6-17-7-10-2-4-13(16)18-8-10/h1-5,8,17H,6-7H2. The molecule has 0 saturated heterocycles. The topological polar surface area (TPSA) is 24.9 Å². The SMILES string of the molecule is Clc1ccc(CNCc2ccc(Cl)c(Cl)c2)cn1. The summed E-state index contributed by atoms with van der Waals surface area (Å²) in [6, 6.07) is 9.32. The summed E-state index contributed by atoms with van der Waals surface area (Å²) >= 11 is 17.5. The number of rotatable bonds is 4. The molecule has 5 heteroatoms. The quantitative estimate of drug-likeness (QED) is 0.850. The van der Waals surface area contributed by atoms with Gasteiger partial charge in [0, 0.05) is 19.3 Å². The molecule has 0 bridgehead atoms. The van der Waals surface area contributed by atoms with Crippen molar-refractivity contribution < 1.29 is 0 Å². The molecule has 1 N–H and O–H groups in total. The zero-order chi connectivity index (χ0) is 13.0. The van der Waals surface area contributed by atoms with Gasteiger partial charge in [-0.25, -0.2) is 4.98 Å². The predicted octanol–water partition coefficient (Wildman–Crippen LogP) is 4.33. The number of nitrogens with one attached hydrogen (secondary N) is 1. The monoisotopic (exact) mass is 300 g/mol. The Labute approximate surface area is 121 Å². The Morgan fingerprint density at radius 3 is 2.28 bits per heavy atom. The average molecular weight is 302 g/mol. The highest BCUT2D eigenvalue weighted by atomic mass is 35.5. The van der Waals surface area contributed by atoms with Crippen LogP contribution in [0, 0.1) is 0 Å². The van der Waals surface area contributed by atoms with E-state index in [-0.39, 0.29) is 0 Å². The van der Waals surface area contributed by atoms with Gasteiger partial charge in [-0.3, -0.25) is 0 Å². The highest BCUT2D eigenvalue weighted by molar-refractivity contribution is 6.42. The fourth-order valence-corrected chi connectivity index (χ4v) is 1.94. The van der Waals surface area contributed by atoms with Crippen molar-refractivity contribution in [1.82, 2.24) is 10.3 Å². The first kappa shape index (κ1) is 13.6. The fraction of sp³-hybridized carbons (Fsp3) is 0.154. The molecule has 0 amide bonds. The van der Waals surface area contributed by atoms with E-state index in [1.54, 1.807) is 18.3 Å². The van der Waals surface area contributed by atoms with Crippen LogP contribution in [-0.2, 0) is 13.1 Å². The first-order valence-corrected chi connectivity index (χ1v) is 6.53. The number of hydrogen-bond acceptors (Lipinski definition) is 2. The van der Waals surface area contributed by atoms with E-state index in [1.165, 1.54) is 0 Å². The van der Waals surface area contributed by atoms with Gasteiger partial charge in [0.2, 0.25) is 0 Å². The summed E-state index contributed by atoms with van der Waals surface area (Å²) in [6.45, 7) is 1.45. The summed E-state index contributed by atoms with van der Waals surface area (Å²) in [5.41, 5.74) is 2.17. The molecule has 0 saturated carbocycles. The van der Waals surface area contributed by atoms with Crippen LogP contribution in [0.2, 0.25) is 15.2 Å². The Hall–Kier alpha value is -0.800. The first-order chi connectivity index (χ1) is 8.65.